The standard InChI is InChI=1S/C19H23ClN2O3S2/c1-5-16(19(23)21-15-8-6-7-9-18(15)26-3)22(27(4,24)25)17-12-14(20)11-10-13(17)2/h6-12,16H,5H2,1-4H3,(H,21,23). The number of rotatable bonds is 7. The summed E-state index contributed by atoms with van der Waals surface area (Å²) >= 11 is 7.59. The van der Waals surface area contributed by atoms with Crippen LogP contribution in [0.4, 0.5) is 11.4 Å². The van der Waals surface area contributed by atoms with Crippen LogP contribution in [0.25, 0.3) is 0 Å². The normalized spacial score (nSPS) is 12.5. The van der Waals surface area contributed by atoms with Crippen molar-refractivity contribution in [2.45, 2.75) is 31.2 Å². The molecule has 1 N–H and O–H groups in total. The van der Waals surface area contributed by atoms with E-state index in [4.69, 9.17) is 11.6 Å². The smallest absolute Gasteiger partial charge is 0.248 e. The molecule has 0 aromatic heterocycles. The second kappa shape index (κ2) is 8.99. The number of para-hydroxylation sites is 1. The molecule has 1 unspecified atom stereocenters. The lowest BCUT2D eigenvalue weighted by atomic mass is 10.1. The van der Waals surface area contributed by atoms with Crippen LogP contribution in [0.2, 0.25) is 5.02 Å². The van der Waals surface area contributed by atoms with Crippen molar-refractivity contribution in [2.75, 3.05) is 22.1 Å². The number of sulfonamides is 1. The van der Waals surface area contributed by atoms with Crippen molar-refractivity contribution in [1.29, 1.82) is 0 Å². The van der Waals surface area contributed by atoms with Gasteiger partial charge in [0.2, 0.25) is 15.9 Å². The van der Waals surface area contributed by atoms with Gasteiger partial charge in [-0.3, -0.25) is 9.10 Å². The van der Waals surface area contributed by atoms with Gasteiger partial charge in [-0.15, -0.1) is 11.8 Å². The van der Waals surface area contributed by atoms with Gasteiger partial charge in [-0.25, -0.2) is 8.42 Å². The van der Waals surface area contributed by atoms with Crippen LogP contribution in [0.15, 0.2) is 47.4 Å². The summed E-state index contributed by atoms with van der Waals surface area (Å²) in [5.74, 6) is -0.385. The molecule has 146 valence electrons. The second-order valence-corrected chi connectivity index (χ2v) is 9.25. The molecule has 5 nitrogen and oxygen atoms in total. The van der Waals surface area contributed by atoms with E-state index in [2.05, 4.69) is 5.32 Å². The molecule has 27 heavy (non-hydrogen) atoms. The van der Waals surface area contributed by atoms with Crippen molar-refractivity contribution in [3.63, 3.8) is 0 Å². The Balaban J connectivity index is 2.46. The molecule has 0 heterocycles. The van der Waals surface area contributed by atoms with Gasteiger partial charge in [-0.05, 0) is 49.4 Å². The number of aryl methyl sites for hydroxylation is 1. The molecule has 0 fully saturated rings. The van der Waals surface area contributed by atoms with Gasteiger partial charge in [0.1, 0.15) is 6.04 Å². The second-order valence-electron chi connectivity index (χ2n) is 6.10. The Bertz CT molecular complexity index is 932. The van der Waals surface area contributed by atoms with Crippen LogP contribution < -0.4 is 9.62 Å². The van der Waals surface area contributed by atoms with E-state index in [1.807, 2.05) is 24.5 Å². The molecule has 2 aromatic rings. The highest BCUT2D eigenvalue weighted by molar-refractivity contribution is 7.98. The van der Waals surface area contributed by atoms with Crippen LogP contribution in [0.3, 0.4) is 0 Å². The van der Waals surface area contributed by atoms with Crippen molar-refractivity contribution in [1.82, 2.24) is 0 Å². The van der Waals surface area contributed by atoms with Crippen LogP contribution in [-0.2, 0) is 14.8 Å². The predicted octanol–water partition coefficient (Wildman–Crippen LogP) is 4.55. The van der Waals surface area contributed by atoms with Crippen molar-refractivity contribution in [2.24, 2.45) is 0 Å². The van der Waals surface area contributed by atoms with E-state index in [0.717, 1.165) is 21.0 Å². The molecule has 2 rings (SSSR count). The molecule has 1 amide bonds. The Kier molecular flexibility index (Phi) is 7.19. The third-order valence-corrected chi connectivity index (χ3v) is 6.30. The minimum Gasteiger partial charge on any atom is -0.323 e. The fourth-order valence-corrected chi connectivity index (χ4v) is 4.80. The summed E-state index contributed by atoms with van der Waals surface area (Å²) < 4.78 is 26.3. The summed E-state index contributed by atoms with van der Waals surface area (Å²) in [6, 6.07) is 11.5. The van der Waals surface area contributed by atoms with Crippen LogP contribution >= 0.6 is 23.4 Å². The third-order valence-electron chi connectivity index (χ3n) is 4.10. The number of carbonyl (C=O) groups excluding carboxylic acids is 1. The summed E-state index contributed by atoms with van der Waals surface area (Å²) in [7, 11) is -3.71. The quantitative estimate of drug-likeness (QED) is 0.659. The number of amides is 1. The highest BCUT2D eigenvalue weighted by Crippen LogP contribution is 2.30. The van der Waals surface area contributed by atoms with Crippen molar-refractivity contribution < 1.29 is 13.2 Å². The van der Waals surface area contributed by atoms with Crippen molar-refractivity contribution in [3.05, 3.63) is 53.1 Å². The topological polar surface area (TPSA) is 66.5 Å². The predicted molar refractivity (Wildman–Crippen MR) is 114 cm³/mol. The maximum Gasteiger partial charge on any atom is 0.248 e. The number of nitrogens with one attached hydrogen (secondary N) is 1. The lowest BCUT2D eigenvalue weighted by Gasteiger charge is -2.31. The average Bonchev–Trinajstić information content (AvgIpc) is 2.61. The summed E-state index contributed by atoms with van der Waals surface area (Å²) in [5, 5.41) is 3.28. The number of benzene rings is 2. The maximum atomic E-state index is 13.0. The molecule has 2 aromatic carbocycles. The fourth-order valence-electron chi connectivity index (χ4n) is 2.82. The van der Waals surface area contributed by atoms with E-state index in [1.54, 1.807) is 38.1 Å². The largest absolute Gasteiger partial charge is 0.323 e. The zero-order valence-electron chi connectivity index (χ0n) is 15.7. The summed E-state index contributed by atoms with van der Waals surface area (Å²) in [5.41, 5.74) is 1.79. The minimum absolute atomic E-state index is 0.312. The number of hydrogen-bond acceptors (Lipinski definition) is 4. The number of thioether (sulfide) groups is 1. The third kappa shape index (κ3) is 5.18. The summed E-state index contributed by atoms with van der Waals surface area (Å²) in [6.07, 6.45) is 3.33. The van der Waals surface area contributed by atoms with E-state index >= 15 is 0 Å². The molecule has 0 aliphatic carbocycles. The zero-order valence-corrected chi connectivity index (χ0v) is 18.1. The number of hydrogen-bond donors (Lipinski definition) is 1. The monoisotopic (exact) mass is 426 g/mol. The van der Waals surface area contributed by atoms with Crippen LogP contribution in [0.1, 0.15) is 18.9 Å². The number of carbonyl (C=O) groups is 1. The lowest BCUT2D eigenvalue weighted by Crippen LogP contribution is -2.47. The Morgan fingerprint density at radius 3 is 2.52 bits per heavy atom. The Morgan fingerprint density at radius 2 is 1.93 bits per heavy atom. The molecule has 0 bridgehead atoms. The number of nitrogens with zero attached hydrogens (tertiary/aromatic N) is 1. The van der Waals surface area contributed by atoms with Gasteiger partial charge >= 0.3 is 0 Å². The molecule has 0 saturated carbocycles. The highest BCUT2D eigenvalue weighted by atomic mass is 35.5. The molecular formula is C19H23ClN2O3S2. The summed E-state index contributed by atoms with van der Waals surface area (Å²) in [6.45, 7) is 3.57. The first-order valence-electron chi connectivity index (χ1n) is 8.38. The van der Waals surface area contributed by atoms with Gasteiger partial charge in [0.15, 0.2) is 0 Å². The number of halogens is 1. The maximum absolute atomic E-state index is 13.0. The Labute approximate surface area is 170 Å². The Hall–Kier alpha value is -1.70. The molecule has 8 heteroatoms. The summed E-state index contributed by atoms with van der Waals surface area (Å²) in [4.78, 5) is 13.9. The van der Waals surface area contributed by atoms with Crippen LogP contribution in [0, 0.1) is 6.92 Å². The van der Waals surface area contributed by atoms with Gasteiger partial charge in [-0.2, -0.15) is 0 Å². The van der Waals surface area contributed by atoms with E-state index in [1.165, 1.54) is 11.8 Å². The van der Waals surface area contributed by atoms with Gasteiger partial charge in [-0.1, -0.05) is 36.7 Å². The Morgan fingerprint density at radius 1 is 1.26 bits per heavy atom. The minimum atomic E-state index is -3.71. The fraction of sp³-hybridized carbons (Fsp3) is 0.316. The average molecular weight is 427 g/mol. The first kappa shape index (κ1) is 21.6. The van der Waals surface area contributed by atoms with E-state index in [0.29, 0.717) is 22.8 Å². The van der Waals surface area contributed by atoms with Gasteiger partial charge in [0.25, 0.3) is 0 Å². The van der Waals surface area contributed by atoms with Crippen LogP contribution in [0.5, 0.6) is 0 Å². The van der Waals surface area contributed by atoms with Crippen molar-refractivity contribution in [3.8, 4) is 0 Å². The molecule has 0 saturated heterocycles. The molecule has 0 spiro atoms. The zero-order chi connectivity index (χ0) is 20.2. The molecule has 1 atom stereocenters. The molecular weight excluding hydrogens is 404 g/mol. The lowest BCUT2D eigenvalue weighted by molar-refractivity contribution is -0.117. The van der Waals surface area contributed by atoms with E-state index in [9.17, 15) is 13.2 Å². The van der Waals surface area contributed by atoms with E-state index < -0.39 is 16.1 Å². The number of anilines is 2. The first-order valence-corrected chi connectivity index (χ1v) is 11.8. The first-order chi connectivity index (χ1) is 12.7. The van der Waals surface area contributed by atoms with Gasteiger partial charge in [0, 0.05) is 9.92 Å². The van der Waals surface area contributed by atoms with Crippen LogP contribution in [-0.4, -0.2) is 32.9 Å². The molecule has 0 aliphatic rings. The molecule has 0 radical (unpaired) electrons. The van der Waals surface area contributed by atoms with Crippen molar-refractivity contribution >= 4 is 50.7 Å². The highest BCUT2D eigenvalue weighted by Gasteiger charge is 2.32. The molecule has 0 aliphatic heterocycles. The van der Waals surface area contributed by atoms with Gasteiger partial charge in [0.05, 0.1) is 17.6 Å². The SMILES string of the molecule is CCC(C(=O)Nc1ccccc1SC)N(c1cc(Cl)ccc1C)S(C)(=O)=O. The van der Waals surface area contributed by atoms with Gasteiger partial charge < -0.3 is 5.32 Å². The van der Waals surface area contributed by atoms with E-state index in [-0.39, 0.29) is 5.91 Å².